The van der Waals surface area contributed by atoms with E-state index in [1.807, 2.05) is 0 Å². The molecular formula is C3H9Br3NORu. The first-order valence-electron chi connectivity index (χ1n) is 2.03. The van der Waals surface area contributed by atoms with E-state index in [0.29, 0.717) is 0 Å². The van der Waals surface area contributed by atoms with E-state index < -0.39 is 10.1 Å². The van der Waals surface area contributed by atoms with Gasteiger partial charge in [0.25, 0.3) is 0 Å². The molecule has 1 unspecified atom stereocenters. The van der Waals surface area contributed by atoms with E-state index in [-0.39, 0.29) is 6.23 Å². The van der Waals surface area contributed by atoms with Gasteiger partial charge < -0.3 is 5.11 Å². The summed E-state index contributed by atoms with van der Waals surface area (Å²) in [6.45, 7) is 1.67. The van der Waals surface area contributed by atoms with Crippen molar-refractivity contribution in [1.82, 2.24) is 5.32 Å². The van der Waals surface area contributed by atoms with Gasteiger partial charge in [-0.1, -0.05) is 0 Å². The second kappa shape index (κ2) is 9.98. The van der Waals surface area contributed by atoms with Crippen LogP contribution in [0.4, 0.5) is 0 Å². The summed E-state index contributed by atoms with van der Waals surface area (Å²) in [6, 6.07) is 0. The predicted octanol–water partition coefficient (Wildman–Crippen LogP) is 2.08. The number of rotatable bonds is 1. The summed E-state index contributed by atoms with van der Waals surface area (Å²) < 4.78 is 0. The Bertz CT molecular complexity index is 51.6. The van der Waals surface area contributed by atoms with E-state index >= 15 is 0 Å². The number of hydrogen-bond acceptors (Lipinski definition) is 2. The monoisotopic (exact) mass is 414 g/mol. The molecule has 0 saturated carbocycles. The molecule has 0 aliphatic rings. The van der Waals surface area contributed by atoms with Crippen LogP contribution in [0.5, 0.6) is 0 Å². The molecule has 0 spiro atoms. The van der Waals surface area contributed by atoms with Gasteiger partial charge in [0.05, 0.1) is 0 Å². The third kappa shape index (κ3) is 40.1. The minimum atomic E-state index is -0.732. The van der Waals surface area contributed by atoms with Crippen molar-refractivity contribution >= 4 is 40.9 Å². The molecule has 0 amide bonds. The fourth-order valence-corrected chi connectivity index (χ4v) is 0. The third-order valence-corrected chi connectivity index (χ3v) is 0.418. The van der Waals surface area contributed by atoms with Crippen molar-refractivity contribution in [3.63, 3.8) is 0 Å². The fraction of sp³-hybridized carbons (Fsp3) is 1.00. The fourth-order valence-electron chi connectivity index (χ4n) is 0. The maximum absolute atomic E-state index is 8.25. The summed E-state index contributed by atoms with van der Waals surface area (Å²) in [7, 11) is 0.967. The van der Waals surface area contributed by atoms with Crippen molar-refractivity contribution in [1.29, 1.82) is 0 Å². The van der Waals surface area contributed by atoms with E-state index in [4.69, 9.17) is 5.11 Å². The second-order valence-electron chi connectivity index (χ2n) is 1.12. The van der Waals surface area contributed by atoms with Crippen molar-refractivity contribution in [2.45, 2.75) is 13.2 Å². The van der Waals surface area contributed by atoms with Crippen LogP contribution in [0.15, 0.2) is 0 Å². The molecule has 0 aliphatic carbocycles. The van der Waals surface area contributed by atoms with E-state index in [0.717, 1.165) is 0 Å². The molecule has 0 rings (SSSR count). The van der Waals surface area contributed by atoms with Crippen molar-refractivity contribution in [3.05, 3.63) is 0 Å². The standard InChI is InChI=1S/C3H9NO.3BrH.Ru/c1-3(5)4-2;;;;/h3-5H,1-2H3;3*1H;/q;;;;+3/p-3. The van der Waals surface area contributed by atoms with Crippen molar-refractivity contribution in [2.75, 3.05) is 7.05 Å². The Morgan fingerprint density at radius 2 is 1.56 bits per heavy atom. The summed E-state index contributed by atoms with van der Waals surface area (Å²) in [4.78, 5) is 0. The van der Waals surface area contributed by atoms with E-state index in [9.17, 15) is 0 Å². The van der Waals surface area contributed by atoms with Gasteiger partial charge in [-0.15, -0.1) is 0 Å². The topological polar surface area (TPSA) is 32.3 Å². The maximum atomic E-state index is 8.25. The van der Waals surface area contributed by atoms with E-state index in [1.54, 1.807) is 14.0 Å². The van der Waals surface area contributed by atoms with Gasteiger partial charge in [-0.25, -0.2) is 0 Å². The summed E-state index contributed by atoms with van der Waals surface area (Å²) in [5, 5.41) is 10.8. The zero-order valence-electron chi connectivity index (χ0n) is 5.01. The van der Waals surface area contributed by atoms with Crippen LogP contribution in [-0.2, 0) is 10.1 Å². The number of hydrogen-bond donors (Lipinski definition) is 2. The van der Waals surface area contributed by atoms with Crippen LogP contribution >= 0.6 is 40.9 Å². The van der Waals surface area contributed by atoms with Crippen LogP contribution < -0.4 is 5.32 Å². The van der Waals surface area contributed by atoms with Gasteiger partial charge in [-0.2, -0.15) is 0 Å². The molecule has 61 valence electrons. The zero-order valence-corrected chi connectivity index (χ0v) is 11.5. The van der Waals surface area contributed by atoms with Crippen molar-refractivity contribution in [3.8, 4) is 0 Å². The van der Waals surface area contributed by atoms with Crippen molar-refractivity contribution < 1.29 is 15.2 Å². The quantitative estimate of drug-likeness (QED) is 0.507. The SMILES string of the molecule is CNC(C)O.[Br][Ru]([Br])[Br]. The van der Waals surface area contributed by atoms with Crippen LogP contribution in [0.25, 0.3) is 0 Å². The molecule has 2 N–H and O–H groups in total. The summed E-state index contributed by atoms with van der Waals surface area (Å²) in [6.07, 6.45) is -0.366. The molecule has 2 nitrogen and oxygen atoms in total. The normalized spacial score (nSPS) is 13.3. The second-order valence-corrected chi connectivity index (χ2v) is 25.2. The number of nitrogens with one attached hydrogen (secondary N) is 1. The zero-order chi connectivity index (χ0) is 7.86. The van der Waals surface area contributed by atoms with Crippen LogP contribution in [0.1, 0.15) is 6.92 Å². The molecule has 0 saturated heterocycles. The molecule has 0 bridgehead atoms. The first kappa shape index (κ1) is 13.6. The first-order chi connectivity index (χ1) is 4.00. The van der Waals surface area contributed by atoms with Gasteiger partial charge in [-0.05, 0) is 14.0 Å². The summed E-state index contributed by atoms with van der Waals surface area (Å²) >= 11 is 9.74. The Morgan fingerprint density at radius 1 is 1.44 bits per heavy atom. The Labute approximate surface area is 80.8 Å². The van der Waals surface area contributed by atoms with Gasteiger partial charge in [0.15, 0.2) is 0 Å². The Hall–Kier alpha value is 1.98. The number of aliphatic hydroxyl groups is 1. The predicted molar refractivity (Wildman–Crippen MR) is 47.5 cm³/mol. The van der Waals surface area contributed by atoms with Gasteiger partial charge in [-0.3, -0.25) is 5.32 Å². The third-order valence-electron chi connectivity index (χ3n) is 0.418. The van der Waals surface area contributed by atoms with Gasteiger partial charge in [0.1, 0.15) is 6.23 Å². The van der Waals surface area contributed by atoms with Gasteiger partial charge in [0, 0.05) is 0 Å². The van der Waals surface area contributed by atoms with Gasteiger partial charge >= 0.3 is 50.9 Å². The Morgan fingerprint density at radius 3 is 1.56 bits per heavy atom. The number of aliphatic hydroxyl groups excluding tert-OH is 1. The Kier molecular flexibility index (Phi) is 15.0. The molecule has 1 atom stereocenters. The molecule has 0 aromatic heterocycles. The summed E-state index contributed by atoms with van der Waals surface area (Å²) in [5.74, 6) is 0. The Balaban J connectivity index is 0. The van der Waals surface area contributed by atoms with Crippen LogP contribution in [0.3, 0.4) is 0 Å². The average molecular weight is 416 g/mol. The molecule has 9 heavy (non-hydrogen) atoms. The molecule has 6 heteroatoms. The minimum absolute atomic E-state index is 0.366. The molecule has 0 aliphatic heterocycles. The van der Waals surface area contributed by atoms with Crippen LogP contribution in [0, 0.1) is 0 Å². The van der Waals surface area contributed by atoms with E-state index in [2.05, 4.69) is 46.2 Å². The molecule has 0 fully saturated rings. The molecular weight excluding hydrogens is 407 g/mol. The summed E-state index contributed by atoms with van der Waals surface area (Å²) in [5.41, 5.74) is 0. The average Bonchev–Trinajstić information content (AvgIpc) is 1.65. The molecule has 0 aromatic carbocycles. The van der Waals surface area contributed by atoms with Gasteiger partial charge in [0.2, 0.25) is 0 Å². The first-order valence-corrected chi connectivity index (χ1v) is 13.9. The van der Waals surface area contributed by atoms with E-state index in [1.165, 1.54) is 0 Å². The van der Waals surface area contributed by atoms with Crippen molar-refractivity contribution in [2.24, 2.45) is 0 Å². The molecule has 0 aromatic rings. The van der Waals surface area contributed by atoms with Crippen LogP contribution in [-0.4, -0.2) is 18.4 Å². The molecule has 0 radical (unpaired) electrons. The number of halogens is 3. The molecule has 0 heterocycles. The van der Waals surface area contributed by atoms with Crippen LogP contribution in [0.2, 0.25) is 0 Å².